The van der Waals surface area contributed by atoms with Crippen molar-refractivity contribution < 1.29 is 17.9 Å². The van der Waals surface area contributed by atoms with E-state index in [9.17, 15) is 13.2 Å². The Morgan fingerprint density at radius 1 is 1.35 bits per heavy atom. The number of nitrogens with zero attached hydrogens (tertiary/aromatic N) is 2. The Labute approximate surface area is 138 Å². The van der Waals surface area contributed by atoms with Crippen LogP contribution in [0.15, 0.2) is 4.99 Å². The average molecular weight is 348 g/mol. The Hall–Kier alpha value is -1.35. The molecule has 0 aromatic carbocycles. The van der Waals surface area contributed by atoms with E-state index < -0.39 is 10.0 Å². The van der Waals surface area contributed by atoms with Gasteiger partial charge in [0.15, 0.2) is 5.96 Å². The van der Waals surface area contributed by atoms with Gasteiger partial charge in [0.1, 0.15) is 0 Å². The maximum atomic E-state index is 11.6. The lowest BCUT2D eigenvalue weighted by Gasteiger charge is -2.33. The minimum Gasteiger partial charge on any atom is -0.469 e. The monoisotopic (exact) mass is 348 g/mol. The average Bonchev–Trinajstić information content (AvgIpc) is 2.52. The van der Waals surface area contributed by atoms with Gasteiger partial charge in [0.25, 0.3) is 0 Å². The number of nitrogens with one attached hydrogen (secondary N) is 2. The maximum Gasteiger partial charge on any atom is 0.308 e. The number of sulfonamides is 1. The summed E-state index contributed by atoms with van der Waals surface area (Å²) in [5.41, 5.74) is 0. The van der Waals surface area contributed by atoms with Gasteiger partial charge in [-0.25, -0.2) is 13.1 Å². The van der Waals surface area contributed by atoms with Crippen molar-refractivity contribution in [1.29, 1.82) is 0 Å². The van der Waals surface area contributed by atoms with Gasteiger partial charge in [0.05, 0.1) is 19.3 Å². The van der Waals surface area contributed by atoms with E-state index in [1.165, 1.54) is 7.11 Å². The molecule has 0 aliphatic carbocycles. The zero-order chi connectivity index (χ0) is 17.3. The first kappa shape index (κ1) is 19.7. The van der Waals surface area contributed by atoms with Gasteiger partial charge in [-0.2, -0.15) is 0 Å². The van der Waals surface area contributed by atoms with Crippen molar-refractivity contribution in [1.82, 2.24) is 14.9 Å². The summed E-state index contributed by atoms with van der Waals surface area (Å²) < 4.78 is 29.2. The van der Waals surface area contributed by atoms with Crippen LogP contribution in [0.1, 0.15) is 26.2 Å². The van der Waals surface area contributed by atoms with Gasteiger partial charge in [0.2, 0.25) is 10.0 Å². The largest absolute Gasteiger partial charge is 0.469 e. The fourth-order valence-corrected chi connectivity index (χ4v) is 2.96. The first-order valence-corrected chi connectivity index (χ1v) is 9.82. The van der Waals surface area contributed by atoms with E-state index in [4.69, 9.17) is 4.74 Å². The molecule has 0 unspecified atom stereocenters. The van der Waals surface area contributed by atoms with Crippen LogP contribution in [0.3, 0.4) is 0 Å². The highest BCUT2D eigenvalue weighted by Crippen LogP contribution is 2.18. The summed E-state index contributed by atoms with van der Waals surface area (Å²) in [5.74, 6) is 0.645. The highest BCUT2D eigenvalue weighted by molar-refractivity contribution is 7.88. The standard InChI is InChI=1S/C14H28N4O4S/c1-4-15-14(16-8-5-9-17-23(3,20)21)18-10-6-12(7-11-18)13(19)22-2/h12,17H,4-11H2,1-3H3,(H,15,16). The molecule has 1 saturated heterocycles. The number of aliphatic imine (C=N–C) groups is 1. The summed E-state index contributed by atoms with van der Waals surface area (Å²) >= 11 is 0. The number of piperidine rings is 1. The second-order valence-electron chi connectivity index (χ2n) is 5.54. The first-order valence-electron chi connectivity index (χ1n) is 7.93. The third kappa shape index (κ3) is 7.65. The van der Waals surface area contributed by atoms with Gasteiger partial charge in [0, 0.05) is 32.7 Å². The fourth-order valence-electron chi connectivity index (χ4n) is 2.44. The Kier molecular flexibility index (Phi) is 8.32. The van der Waals surface area contributed by atoms with Gasteiger partial charge < -0.3 is 15.0 Å². The third-order valence-electron chi connectivity index (χ3n) is 3.62. The molecule has 1 fully saturated rings. The SMILES string of the molecule is CCNC(=NCCCNS(C)(=O)=O)N1CCC(C(=O)OC)CC1. The molecule has 9 heteroatoms. The summed E-state index contributed by atoms with van der Waals surface area (Å²) in [6, 6.07) is 0. The topological polar surface area (TPSA) is 100 Å². The summed E-state index contributed by atoms with van der Waals surface area (Å²) in [7, 11) is -1.72. The van der Waals surface area contributed by atoms with Crippen LogP contribution in [0.4, 0.5) is 0 Å². The molecule has 0 spiro atoms. The molecule has 134 valence electrons. The first-order chi connectivity index (χ1) is 10.9. The van der Waals surface area contributed by atoms with Crippen LogP contribution in [0.2, 0.25) is 0 Å². The van der Waals surface area contributed by atoms with Crippen molar-refractivity contribution in [2.24, 2.45) is 10.9 Å². The molecular weight excluding hydrogens is 320 g/mol. The van der Waals surface area contributed by atoms with Crippen LogP contribution >= 0.6 is 0 Å². The van der Waals surface area contributed by atoms with Crippen molar-refractivity contribution in [2.45, 2.75) is 26.2 Å². The minimum absolute atomic E-state index is 0.0295. The van der Waals surface area contributed by atoms with E-state index in [1.807, 2.05) is 6.92 Å². The lowest BCUT2D eigenvalue weighted by molar-refractivity contribution is -0.146. The van der Waals surface area contributed by atoms with Gasteiger partial charge in [-0.1, -0.05) is 0 Å². The van der Waals surface area contributed by atoms with Gasteiger partial charge in [-0.15, -0.1) is 0 Å². The molecule has 0 radical (unpaired) electrons. The van der Waals surface area contributed by atoms with E-state index in [0.29, 0.717) is 19.5 Å². The smallest absolute Gasteiger partial charge is 0.308 e. The summed E-state index contributed by atoms with van der Waals surface area (Å²) in [4.78, 5) is 18.2. The predicted molar refractivity (Wildman–Crippen MR) is 89.8 cm³/mol. The molecule has 1 aliphatic rings. The molecule has 0 aromatic rings. The Balaban J connectivity index is 2.45. The maximum absolute atomic E-state index is 11.6. The van der Waals surface area contributed by atoms with E-state index in [-0.39, 0.29) is 11.9 Å². The van der Waals surface area contributed by atoms with Crippen molar-refractivity contribution in [3.05, 3.63) is 0 Å². The molecule has 2 N–H and O–H groups in total. The van der Waals surface area contributed by atoms with Crippen molar-refractivity contribution in [3.8, 4) is 0 Å². The third-order valence-corrected chi connectivity index (χ3v) is 4.35. The second kappa shape index (κ2) is 9.71. The molecular formula is C14H28N4O4S. The summed E-state index contributed by atoms with van der Waals surface area (Å²) in [6.07, 6.45) is 3.30. The number of esters is 1. The second-order valence-corrected chi connectivity index (χ2v) is 7.37. The number of carbonyl (C=O) groups is 1. The molecule has 0 aromatic heterocycles. The van der Waals surface area contributed by atoms with Gasteiger partial charge in [-0.3, -0.25) is 9.79 Å². The molecule has 23 heavy (non-hydrogen) atoms. The quantitative estimate of drug-likeness (QED) is 0.285. The molecule has 8 nitrogen and oxygen atoms in total. The number of likely N-dealkylation sites (tertiary alicyclic amines) is 1. The van der Waals surface area contributed by atoms with Crippen molar-refractivity contribution in [3.63, 3.8) is 0 Å². The minimum atomic E-state index is -3.14. The summed E-state index contributed by atoms with van der Waals surface area (Å²) in [5, 5.41) is 3.24. The van der Waals surface area contributed by atoms with E-state index in [0.717, 1.165) is 44.7 Å². The fraction of sp³-hybridized carbons (Fsp3) is 0.857. The number of hydrogen-bond acceptors (Lipinski definition) is 5. The van der Waals surface area contributed by atoms with Gasteiger partial charge >= 0.3 is 5.97 Å². The van der Waals surface area contributed by atoms with Gasteiger partial charge in [-0.05, 0) is 26.2 Å². The lowest BCUT2D eigenvalue weighted by atomic mass is 9.97. The number of methoxy groups -OCH3 is 1. The Bertz CT molecular complexity index is 499. The zero-order valence-corrected chi connectivity index (χ0v) is 15.0. The van der Waals surface area contributed by atoms with Crippen molar-refractivity contribution >= 4 is 22.0 Å². The zero-order valence-electron chi connectivity index (χ0n) is 14.2. The Morgan fingerprint density at radius 2 is 2.00 bits per heavy atom. The number of ether oxygens (including phenoxy) is 1. The molecule has 0 bridgehead atoms. The van der Waals surface area contributed by atoms with Crippen molar-refractivity contribution in [2.75, 3.05) is 46.1 Å². The van der Waals surface area contributed by atoms with Crippen LogP contribution in [-0.2, 0) is 19.6 Å². The molecule has 0 atom stereocenters. The van der Waals surface area contributed by atoms with E-state index >= 15 is 0 Å². The number of rotatable bonds is 7. The van der Waals surface area contributed by atoms with Crippen LogP contribution < -0.4 is 10.0 Å². The van der Waals surface area contributed by atoms with E-state index in [1.54, 1.807) is 0 Å². The van der Waals surface area contributed by atoms with Crippen LogP contribution in [-0.4, -0.2) is 71.3 Å². The summed E-state index contributed by atoms with van der Waals surface area (Å²) in [6.45, 7) is 5.20. The number of hydrogen-bond donors (Lipinski definition) is 2. The molecule has 0 saturated carbocycles. The highest BCUT2D eigenvalue weighted by Gasteiger charge is 2.26. The molecule has 1 aliphatic heterocycles. The molecule has 1 rings (SSSR count). The number of guanidine groups is 1. The molecule has 1 heterocycles. The lowest BCUT2D eigenvalue weighted by Crippen LogP contribution is -2.46. The predicted octanol–water partition coefficient (Wildman–Crippen LogP) is -0.224. The molecule has 0 amide bonds. The van der Waals surface area contributed by atoms with Crippen LogP contribution in [0.5, 0.6) is 0 Å². The van der Waals surface area contributed by atoms with Crippen LogP contribution in [0, 0.1) is 5.92 Å². The number of carbonyl (C=O) groups excluding carboxylic acids is 1. The van der Waals surface area contributed by atoms with E-state index in [2.05, 4.69) is 19.9 Å². The highest BCUT2D eigenvalue weighted by atomic mass is 32.2. The normalized spacial score (nSPS) is 17.2. The Morgan fingerprint density at radius 3 is 2.52 bits per heavy atom. The van der Waals surface area contributed by atoms with Crippen LogP contribution in [0.25, 0.3) is 0 Å².